The van der Waals surface area contributed by atoms with Gasteiger partial charge in [-0.1, -0.05) is 29.8 Å². The number of aryl methyl sites for hydroxylation is 1. The van der Waals surface area contributed by atoms with Crippen molar-refractivity contribution < 1.29 is 4.79 Å². The lowest BCUT2D eigenvalue weighted by Gasteiger charge is -2.03. The van der Waals surface area contributed by atoms with E-state index in [-0.39, 0.29) is 5.91 Å². The fraction of sp³-hybridized carbons (Fsp3) is 0.125. The highest BCUT2D eigenvalue weighted by molar-refractivity contribution is 6.30. The predicted octanol–water partition coefficient (Wildman–Crippen LogP) is 3.23. The van der Waals surface area contributed by atoms with E-state index in [1.54, 1.807) is 18.3 Å². The highest BCUT2D eigenvalue weighted by Gasteiger charge is 2.10. The number of imidazole rings is 1. The van der Waals surface area contributed by atoms with Gasteiger partial charge in [0, 0.05) is 24.0 Å². The van der Waals surface area contributed by atoms with E-state index in [1.165, 1.54) is 0 Å². The molecule has 2 aromatic heterocycles. The summed E-state index contributed by atoms with van der Waals surface area (Å²) in [7, 11) is 0. The van der Waals surface area contributed by atoms with Gasteiger partial charge in [-0.05, 0) is 36.2 Å². The number of carbonyl (C=O) groups is 1. The Morgan fingerprint density at radius 1 is 1.19 bits per heavy atom. The van der Waals surface area contributed by atoms with Crippen molar-refractivity contribution in [1.82, 2.24) is 14.7 Å². The number of pyridine rings is 1. The zero-order valence-electron chi connectivity index (χ0n) is 11.5. The molecule has 1 N–H and O–H groups in total. The van der Waals surface area contributed by atoms with Crippen LogP contribution in [0.15, 0.2) is 48.8 Å². The van der Waals surface area contributed by atoms with E-state index in [1.807, 2.05) is 41.8 Å². The highest BCUT2D eigenvalue weighted by Crippen LogP contribution is 2.10. The molecule has 21 heavy (non-hydrogen) atoms. The molecule has 4 nitrogen and oxygen atoms in total. The van der Waals surface area contributed by atoms with Gasteiger partial charge in [0.05, 0.1) is 0 Å². The standard InChI is InChI=1S/C16H14ClN3O/c1-11-2-7-15-19-14(10-20(15)9-11)16(21)18-8-12-3-5-13(17)6-4-12/h2-7,9-10H,8H2,1H3,(H,18,21). The van der Waals surface area contributed by atoms with E-state index in [2.05, 4.69) is 10.3 Å². The van der Waals surface area contributed by atoms with Crippen LogP contribution in [0.25, 0.3) is 5.65 Å². The average molecular weight is 300 g/mol. The molecule has 106 valence electrons. The first-order valence-electron chi connectivity index (χ1n) is 6.60. The molecule has 0 saturated heterocycles. The molecular weight excluding hydrogens is 286 g/mol. The molecule has 0 aliphatic rings. The Balaban J connectivity index is 1.73. The van der Waals surface area contributed by atoms with Gasteiger partial charge in [0.1, 0.15) is 11.3 Å². The van der Waals surface area contributed by atoms with E-state index in [9.17, 15) is 4.79 Å². The molecule has 0 atom stereocenters. The van der Waals surface area contributed by atoms with Crippen molar-refractivity contribution in [1.29, 1.82) is 0 Å². The van der Waals surface area contributed by atoms with E-state index < -0.39 is 0 Å². The molecule has 3 aromatic rings. The van der Waals surface area contributed by atoms with Crippen LogP contribution in [0.4, 0.5) is 0 Å². The molecule has 0 spiro atoms. The summed E-state index contributed by atoms with van der Waals surface area (Å²) in [6, 6.07) is 11.2. The van der Waals surface area contributed by atoms with Gasteiger partial charge < -0.3 is 9.72 Å². The number of nitrogens with zero attached hydrogens (tertiary/aromatic N) is 2. The van der Waals surface area contributed by atoms with Gasteiger partial charge in [-0.3, -0.25) is 4.79 Å². The zero-order chi connectivity index (χ0) is 14.8. The molecule has 2 heterocycles. The Morgan fingerprint density at radius 2 is 1.95 bits per heavy atom. The Bertz CT molecular complexity index is 793. The van der Waals surface area contributed by atoms with Crippen molar-refractivity contribution >= 4 is 23.2 Å². The first-order chi connectivity index (χ1) is 10.1. The number of hydrogen-bond acceptors (Lipinski definition) is 2. The third kappa shape index (κ3) is 3.06. The number of nitrogens with one attached hydrogen (secondary N) is 1. The molecule has 1 aromatic carbocycles. The summed E-state index contributed by atoms with van der Waals surface area (Å²) < 4.78 is 1.85. The van der Waals surface area contributed by atoms with Gasteiger partial charge in [-0.15, -0.1) is 0 Å². The molecule has 0 saturated carbocycles. The zero-order valence-corrected chi connectivity index (χ0v) is 12.3. The van der Waals surface area contributed by atoms with Crippen molar-refractivity contribution in [2.24, 2.45) is 0 Å². The van der Waals surface area contributed by atoms with Crippen LogP contribution in [0, 0.1) is 6.92 Å². The maximum Gasteiger partial charge on any atom is 0.271 e. The number of aromatic nitrogens is 2. The monoisotopic (exact) mass is 299 g/mol. The van der Waals surface area contributed by atoms with Crippen molar-refractivity contribution in [3.63, 3.8) is 0 Å². The Labute approximate surface area is 127 Å². The first kappa shape index (κ1) is 13.6. The van der Waals surface area contributed by atoms with Crippen LogP contribution < -0.4 is 5.32 Å². The third-order valence-corrected chi connectivity index (χ3v) is 3.45. The summed E-state index contributed by atoms with van der Waals surface area (Å²) in [5.41, 5.74) is 3.28. The van der Waals surface area contributed by atoms with E-state index in [0.29, 0.717) is 17.3 Å². The lowest BCUT2D eigenvalue weighted by atomic mass is 10.2. The smallest absolute Gasteiger partial charge is 0.271 e. The summed E-state index contributed by atoms with van der Waals surface area (Å²) >= 11 is 5.83. The second-order valence-corrected chi connectivity index (χ2v) is 5.34. The summed E-state index contributed by atoms with van der Waals surface area (Å²) in [6.45, 7) is 2.45. The Morgan fingerprint density at radius 3 is 2.71 bits per heavy atom. The van der Waals surface area contributed by atoms with Gasteiger partial charge in [0.2, 0.25) is 0 Å². The van der Waals surface area contributed by atoms with Crippen molar-refractivity contribution in [3.05, 3.63) is 70.6 Å². The van der Waals surface area contributed by atoms with Crippen LogP contribution in [-0.4, -0.2) is 15.3 Å². The number of halogens is 1. The average Bonchev–Trinajstić information content (AvgIpc) is 2.89. The molecule has 5 heteroatoms. The number of rotatable bonds is 3. The quantitative estimate of drug-likeness (QED) is 0.807. The number of benzene rings is 1. The number of hydrogen-bond donors (Lipinski definition) is 1. The molecule has 0 bridgehead atoms. The van der Waals surface area contributed by atoms with Crippen LogP contribution in [0.3, 0.4) is 0 Å². The molecule has 0 radical (unpaired) electrons. The largest absolute Gasteiger partial charge is 0.347 e. The molecule has 1 amide bonds. The minimum atomic E-state index is -0.189. The van der Waals surface area contributed by atoms with E-state index in [0.717, 1.165) is 16.8 Å². The lowest BCUT2D eigenvalue weighted by Crippen LogP contribution is -2.23. The van der Waals surface area contributed by atoms with Gasteiger partial charge in [0.15, 0.2) is 0 Å². The Hall–Kier alpha value is -2.33. The maximum absolute atomic E-state index is 12.1. The highest BCUT2D eigenvalue weighted by atomic mass is 35.5. The molecule has 0 aliphatic heterocycles. The second-order valence-electron chi connectivity index (χ2n) is 4.91. The van der Waals surface area contributed by atoms with E-state index in [4.69, 9.17) is 11.6 Å². The maximum atomic E-state index is 12.1. The van der Waals surface area contributed by atoms with Gasteiger partial charge >= 0.3 is 0 Å². The van der Waals surface area contributed by atoms with Crippen LogP contribution in [0.1, 0.15) is 21.6 Å². The third-order valence-electron chi connectivity index (χ3n) is 3.20. The van der Waals surface area contributed by atoms with Crippen LogP contribution in [0.5, 0.6) is 0 Å². The summed E-state index contributed by atoms with van der Waals surface area (Å²) in [5, 5.41) is 3.53. The molecule has 0 fully saturated rings. The van der Waals surface area contributed by atoms with Crippen LogP contribution in [-0.2, 0) is 6.54 Å². The SMILES string of the molecule is Cc1ccc2nc(C(=O)NCc3ccc(Cl)cc3)cn2c1. The van der Waals surface area contributed by atoms with Gasteiger partial charge in [-0.25, -0.2) is 4.98 Å². The minimum absolute atomic E-state index is 0.189. The van der Waals surface area contributed by atoms with Gasteiger partial charge in [-0.2, -0.15) is 0 Å². The first-order valence-corrected chi connectivity index (χ1v) is 6.97. The van der Waals surface area contributed by atoms with Crippen LogP contribution >= 0.6 is 11.6 Å². The fourth-order valence-corrected chi connectivity index (χ4v) is 2.21. The summed E-state index contributed by atoms with van der Waals surface area (Å²) in [6.07, 6.45) is 3.68. The van der Waals surface area contributed by atoms with E-state index >= 15 is 0 Å². The van der Waals surface area contributed by atoms with Crippen molar-refractivity contribution in [2.45, 2.75) is 13.5 Å². The normalized spacial score (nSPS) is 10.8. The van der Waals surface area contributed by atoms with Crippen LogP contribution in [0.2, 0.25) is 5.02 Å². The lowest BCUT2D eigenvalue weighted by molar-refractivity contribution is 0.0946. The number of carbonyl (C=O) groups excluding carboxylic acids is 1. The van der Waals surface area contributed by atoms with Crippen molar-refractivity contribution in [3.8, 4) is 0 Å². The number of amides is 1. The molecule has 0 aliphatic carbocycles. The molecule has 3 rings (SSSR count). The Kier molecular flexibility index (Phi) is 3.62. The number of fused-ring (bicyclic) bond motifs is 1. The summed E-state index contributed by atoms with van der Waals surface area (Å²) in [4.78, 5) is 16.4. The topological polar surface area (TPSA) is 46.4 Å². The second kappa shape index (κ2) is 5.58. The minimum Gasteiger partial charge on any atom is -0.347 e. The van der Waals surface area contributed by atoms with Crippen molar-refractivity contribution in [2.75, 3.05) is 0 Å². The predicted molar refractivity (Wildman–Crippen MR) is 82.6 cm³/mol. The molecule has 0 unspecified atom stereocenters. The molecular formula is C16H14ClN3O. The summed E-state index contributed by atoms with van der Waals surface area (Å²) in [5.74, 6) is -0.189. The fourth-order valence-electron chi connectivity index (χ4n) is 2.09. The van der Waals surface area contributed by atoms with Gasteiger partial charge in [0.25, 0.3) is 5.91 Å².